The van der Waals surface area contributed by atoms with E-state index < -0.39 is 11.0 Å². The molecule has 2 fully saturated rings. The first-order chi connectivity index (χ1) is 14.6. The lowest BCUT2D eigenvalue weighted by Crippen LogP contribution is -2.40. The minimum Gasteiger partial charge on any atom is -0.382 e. The molecule has 5 rings (SSSR count). The molecule has 2 aliphatic rings. The van der Waals surface area contributed by atoms with Crippen molar-refractivity contribution < 1.29 is 5.11 Å². The van der Waals surface area contributed by atoms with E-state index in [0.717, 1.165) is 33.9 Å². The summed E-state index contributed by atoms with van der Waals surface area (Å²) in [4.78, 5) is 6.17. The van der Waals surface area contributed by atoms with E-state index in [1.807, 2.05) is 30.3 Å². The number of aromatic nitrogens is 2. The summed E-state index contributed by atoms with van der Waals surface area (Å²) in [6.07, 6.45) is 6.98. The minimum atomic E-state index is -0.987. The Hall–Kier alpha value is -2.29. The van der Waals surface area contributed by atoms with Gasteiger partial charge >= 0.3 is 0 Å². The van der Waals surface area contributed by atoms with Crippen LogP contribution in [0, 0.1) is 17.2 Å². The third-order valence-corrected chi connectivity index (χ3v) is 7.76. The average molecular weight is 418 g/mol. The van der Waals surface area contributed by atoms with Gasteiger partial charge in [-0.2, -0.15) is 5.26 Å². The van der Waals surface area contributed by atoms with Crippen LogP contribution in [-0.4, -0.2) is 20.9 Å². The van der Waals surface area contributed by atoms with Gasteiger partial charge in [0, 0.05) is 11.4 Å². The van der Waals surface area contributed by atoms with Gasteiger partial charge in [0.2, 0.25) is 0 Å². The fourth-order valence-corrected chi connectivity index (χ4v) is 5.48. The number of nitrogens with zero attached hydrogens (tertiary/aromatic N) is 3. The van der Waals surface area contributed by atoms with Crippen LogP contribution in [0.25, 0.3) is 11.0 Å². The maximum absolute atomic E-state index is 11.8. The zero-order valence-corrected chi connectivity index (χ0v) is 18.2. The van der Waals surface area contributed by atoms with Crippen LogP contribution in [-0.2, 0) is 17.6 Å². The molecule has 2 aliphatic carbocycles. The lowest BCUT2D eigenvalue weighted by molar-refractivity contribution is -0.0241. The van der Waals surface area contributed by atoms with Crippen LogP contribution >= 0.6 is 11.8 Å². The molecule has 0 saturated heterocycles. The molecule has 0 spiro atoms. The number of thioether (sulfide) groups is 1. The highest BCUT2D eigenvalue weighted by molar-refractivity contribution is 7.98. The molecule has 0 aliphatic heterocycles. The Morgan fingerprint density at radius 2 is 1.83 bits per heavy atom. The summed E-state index contributed by atoms with van der Waals surface area (Å²) in [7, 11) is 0. The van der Waals surface area contributed by atoms with E-state index >= 15 is 0 Å². The van der Waals surface area contributed by atoms with Crippen molar-refractivity contribution in [3.8, 4) is 6.07 Å². The van der Waals surface area contributed by atoms with Gasteiger partial charge in [-0.15, -0.1) is 11.8 Å². The predicted octanol–water partition coefficient (Wildman–Crippen LogP) is 5.39. The van der Waals surface area contributed by atoms with Gasteiger partial charge < -0.3 is 9.67 Å². The van der Waals surface area contributed by atoms with Crippen LogP contribution in [0.1, 0.15) is 49.9 Å². The van der Waals surface area contributed by atoms with Crippen molar-refractivity contribution >= 4 is 22.8 Å². The highest BCUT2D eigenvalue weighted by atomic mass is 32.2. The Morgan fingerprint density at radius 1 is 1.10 bits per heavy atom. The predicted molar refractivity (Wildman–Crippen MR) is 120 cm³/mol. The van der Waals surface area contributed by atoms with Gasteiger partial charge in [-0.3, -0.25) is 0 Å². The summed E-state index contributed by atoms with van der Waals surface area (Å²) in [5, 5.41) is 21.8. The van der Waals surface area contributed by atoms with Crippen molar-refractivity contribution in [2.75, 3.05) is 6.26 Å². The second-order valence-electron chi connectivity index (χ2n) is 8.91. The molecule has 4 nitrogen and oxygen atoms in total. The molecular weight excluding hydrogens is 390 g/mol. The number of para-hydroxylation sites is 1. The van der Waals surface area contributed by atoms with Crippen molar-refractivity contribution in [2.45, 2.75) is 61.0 Å². The Labute approximate surface area is 181 Å². The van der Waals surface area contributed by atoms with Crippen molar-refractivity contribution in [3.63, 3.8) is 0 Å². The average Bonchev–Trinajstić information content (AvgIpc) is 3.54. The molecule has 0 bridgehead atoms. The Balaban J connectivity index is 1.53. The Bertz CT molecular complexity index is 1100. The number of rotatable bonds is 5. The molecule has 2 saturated carbocycles. The van der Waals surface area contributed by atoms with E-state index in [0.29, 0.717) is 31.6 Å². The first kappa shape index (κ1) is 19.7. The van der Waals surface area contributed by atoms with E-state index in [-0.39, 0.29) is 0 Å². The number of nitriles is 1. The molecule has 1 N–H and O–H groups in total. The smallest absolute Gasteiger partial charge is 0.142 e. The third kappa shape index (κ3) is 3.23. The molecule has 154 valence electrons. The molecule has 1 aromatic heterocycles. The van der Waals surface area contributed by atoms with Gasteiger partial charge in [0.05, 0.1) is 17.0 Å². The summed E-state index contributed by atoms with van der Waals surface area (Å²) in [5.74, 6) is 1.49. The summed E-state index contributed by atoms with van der Waals surface area (Å²) in [5.41, 5.74) is 1.67. The van der Waals surface area contributed by atoms with Gasteiger partial charge in [-0.05, 0) is 68.4 Å². The number of aliphatic hydroxyl groups is 1. The van der Waals surface area contributed by atoms with Crippen LogP contribution in [0.4, 0.5) is 0 Å². The highest BCUT2D eigenvalue weighted by Crippen LogP contribution is 2.48. The molecule has 2 aromatic carbocycles. The van der Waals surface area contributed by atoms with Crippen LogP contribution in [0.15, 0.2) is 53.4 Å². The third-order valence-electron chi connectivity index (χ3n) is 6.99. The van der Waals surface area contributed by atoms with Gasteiger partial charge in [0.15, 0.2) is 0 Å². The lowest BCUT2D eigenvalue weighted by atomic mass is 9.66. The maximum atomic E-state index is 11.8. The highest BCUT2D eigenvalue weighted by Gasteiger charge is 2.46. The van der Waals surface area contributed by atoms with E-state index in [9.17, 15) is 10.4 Å². The second kappa shape index (κ2) is 7.44. The zero-order valence-electron chi connectivity index (χ0n) is 17.3. The topological polar surface area (TPSA) is 61.8 Å². The van der Waals surface area contributed by atoms with E-state index in [4.69, 9.17) is 4.98 Å². The van der Waals surface area contributed by atoms with Crippen molar-refractivity contribution in [3.05, 3.63) is 59.9 Å². The summed E-state index contributed by atoms with van der Waals surface area (Å²) >= 11 is 1.70. The molecule has 1 heterocycles. The van der Waals surface area contributed by atoms with E-state index in [2.05, 4.69) is 35.1 Å². The van der Waals surface area contributed by atoms with E-state index in [1.165, 1.54) is 12.8 Å². The fraction of sp³-hybridized carbons (Fsp3) is 0.440. The number of imidazole rings is 1. The Kier molecular flexibility index (Phi) is 4.88. The van der Waals surface area contributed by atoms with Crippen LogP contribution in [0.3, 0.4) is 0 Å². The van der Waals surface area contributed by atoms with Crippen molar-refractivity contribution in [2.24, 2.45) is 5.92 Å². The van der Waals surface area contributed by atoms with Crippen LogP contribution in [0.5, 0.6) is 0 Å². The molecule has 30 heavy (non-hydrogen) atoms. The summed E-state index contributed by atoms with van der Waals surface area (Å²) in [6.45, 7) is 0.925. The molecule has 0 unspecified atom stereocenters. The van der Waals surface area contributed by atoms with Gasteiger partial charge in [0.25, 0.3) is 0 Å². The zero-order chi connectivity index (χ0) is 20.8. The van der Waals surface area contributed by atoms with Crippen molar-refractivity contribution in [1.29, 1.82) is 5.26 Å². The summed E-state index contributed by atoms with van der Waals surface area (Å²) in [6, 6.07) is 19.0. The van der Waals surface area contributed by atoms with Gasteiger partial charge in [-0.25, -0.2) is 4.98 Å². The molecule has 3 aromatic rings. The first-order valence-corrected chi connectivity index (χ1v) is 12.0. The Morgan fingerprint density at radius 3 is 2.47 bits per heavy atom. The molecule has 0 amide bonds. The normalized spacial score (nSPS) is 26.6. The molecular formula is C25H27N3OS. The molecule has 0 atom stereocenters. The van der Waals surface area contributed by atoms with Crippen LogP contribution in [0.2, 0.25) is 0 Å². The summed E-state index contributed by atoms with van der Waals surface area (Å²) < 4.78 is 2.27. The number of hydrogen-bond acceptors (Lipinski definition) is 4. The number of hydrogen-bond donors (Lipinski definition) is 1. The fourth-order valence-electron chi connectivity index (χ4n) is 4.92. The van der Waals surface area contributed by atoms with Crippen molar-refractivity contribution in [1.82, 2.24) is 9.55 Å². The molecule has 5 heteroatoms. The maximum Gasteiger partial charge on any atom is 0.142 e. The first-order valence-electron chi connectivity index (χ1n) is 10.8. The quantitative estimate of drug-likeness (QED) is 0.565. The molecule has 0 radical (unpaired) electrons. The largest absolute Gasteiger partial charge is 0.382 e. The lowest BCUT2D eigenvalue weighted by Gasteiger charge is -2.40. The SMILES string of the molecule is CSc1cccc2c1nc([C@]1(O)CC[C@@](C#N)(c3ccccc3)CC1)n2CC1CC1. The monoisotopic (exact) mass is 417 g/mol. The standard InChI is InChI=1S/C25H27N3OS/c1-30-21-9-5-8-20-22(21)27-23(28(20)16-18-10-11-18)25(29)14-12-24(17-26,13-15-25)19-6-3-2-4-7-19/h2-9,18,29H,10-16H2,1H3/t24-,25+. The van der Waals surface area contributed by atoms with Gasteiger partial charge in [-0.1, -0.05) is 36.4 Å². The second-order valence-corrected chi connectivity index (χ2v) is 9.76. The minimum absolute atomic E-state index is 0.523. The number of benzene rings is 2. The van der Waals surface area contributed by atoms with Gasteiger partial charge in [0.1, 0.15) is 16.9 Å². The van der Waals surface area contributed by atoms with E-state index in [1.54, 1.807) is 11.8 Å². The number of fused-ring (bicyclic) bond motifs is 1. The van der Waals surface area contributed by atoms with Crippen LogP contribution < -0.4 is 0 Å².